The lowest BCUT2D eigenvalue weighted by atomic mass is 10.1. The molecule has 2 aromatic rings. The molecular weight excluding hydrogens is 348 g/mol. The van der Waals surface area contributed by atoms with Crippen LogP contribution in [0.1, 0.15) is 49.6 Å². The van der Waals surface area contributed by atoms with E-state index in [9.17, 15) is 9.59 Å². The van der Waals surface area contributed by atoms with Crippen LogP contribution in [0.2, 0.25) is 0 Å². The van der Waals surface area contributed by atoms with Gasteiger partial charge in [-0.25, -0.2) is 0 Å². The minimum absolute atomic E-state index is 0.0241. The SMILES string of the molecule is CCC(CC)c1nnc(NC(=O)[C@H]2CC(=O)N(c3ccc(C)cc3)C2)s1. The van der Waals surface area contributed by atoms with Crippen molar-refractivity contribution in [2.24, 2.45) is 5.92 Å². The van der Waals surface area contributed by atoms with Gasteiger partial charge in [-0.2, -0.15) is 0 Å². The molecule has 138 valence electrons. The summed E-state index contributed by atoms with van der Waals surface area (Å²) in [7, 11) is 0. The van der Waals surface area contributed by atoms with Gasteiger partial charge in [0.2, 0.25) is 16.9 Å². The van der Waals surface area contributed by atoms with E-state index in [-0.39, 0.29) is 24.2 Å². The van der Waals surface area contributed by atoms with Crippen molar-refractivity contribution in [3.05, 3.63) is 34.8 Å². The van der Waals surface area contributed by atoms with Crippen molar-refractivity contribution >= 4 is 34.0 Å². The largest absolute Gasteiger partial charge is 0.312 e. The molecule has 1 aliphatic heterocycles. The topological polar surface area (TPSA) is 75.2 Å². The summed E-state index contributed by atoms with van der Waals surface area (Å²) in [6.07, 6.45) is 2.22. The van der Waals surface area contributed by atoms with E-state index in [2.05, 4.69) is 29.4 Å². The number of benzene rings is 1. The van der Waals surface area contributed by atoms with Gasteiger partial charge in [0, 0.05) is 24.6 Å². The van der Waals surface area contributed by atoms with E-state index in [1.807, 2.05) is 31.2 Å². The van der Waals surface area contributed by atoms with Gasteiger partial charge in [0.1, 0.15) is 5.01 Å². The van der Waals surface area contributed by atoms with Crippen LogP contribution in [-0.4, -0.2) is 28.6 Å². The van der Waals surface area contributed by atoms with Crippen LogP contribution in [0.3, 0.4) is 0 Å². The number of aryl methyl sites for hydroxylation is 1. The normalized spacial score (nSPS) is 17.2. The Hall–Kier alpha value is -2.28. The van der Waals surface area contributed by atoms with Crippen LogP contribution >= 0.6 is 11.3 Å². The van der Waals surface area contributed by atoms with E-state index in [4.69, 9.17) is 0 Å². The number of hydrogen-bond donors (Lipinski definition) is 1. The van der Waals surface area contributed by atoms with E-state index in [0.29, 0.717) is 17.6 Å². The van der Waals surface area contributed by atoms with Crippen molar-refractivity contribution in [2.75, 3.05) is 16.8 Å². The predicted octanol–water partition coefficient (Wildman–Crippen LogP) is 3.74. The van der Waals surface area contributed by atoms with Gasteiger partial charge in [-0.1, -0.05) is 42.9 Å². The first-order valence-electron chi connectivity index (χ1n) is 9.03. The molecule has 1 aliphatic rings. The lowest BCUT2D eigenvalue weighted by Gasteiger charge is -2.16. The smallest absolute Gasteiger partial charge is 0.231 e. The van der Waals surface area contributed by atoms with Gasteiger partial charge in [0.25, 0.3) is 0 Å². The molecule has 6 nitrogen and oxygen atoms in total. The summed E-state index contributed by atoms with van der Waals surface area (Å²) < 4.78 is 0. The molecule has 0 saturated carbocycles. The highest BCUT2D eigenvalue weighted by molar-refractivity contribution is 7.15. The summed E-state index contributed by atoms with van der Waals surface area (Å²) in [5.74, 6) is -0.184. The maximum absolute atomic E-state index is 12.6. The Morgan fingerprint density at radius 2 is 1.96 bits per heavy atom. The number of nitrogens with one attached hydrogen (secondary N) is 1. The van der Waals surface area contributed by atoms with Crippen LogP contribution in [0, 0.1) is 12.8 Å². The van der Waals surface area contributed by atoms with E-state index in [0.717, 1.165) is 29.1 Å². The standard InChI is InChI=1S/C19H24N4O2S/c1-4-13(5-2)18-21-22-19(26-18)20-17(25)14-10-16(24)23(11-14)15-8-6-12(3)7-9-15/h6-9,13-14H,4-5,10-11H2,1-3H3,(H,20,22,25)/t14-/m0/s1. The summed E-state index contributed by atoms with van der Waals surface area (Å²) in [5.41, 5.74) is 1.97. The Kier molecular flexibility index (Phi) is 5.66. The average molecular weight is 372 g/mol. The zero-order chi connectivity index (χ0) is 18.7. The number of aromatic nitrogens is 2. The number of amides is 2. The van der Waals surface area contributed by atoms with E-state index in [1.165, 1.54) is 11.3 Å². The highest BCUT2D eigenvalue weighted by Crippen LogP contribution is 2.30. The van der Waals surface area contributed by atoms with Crippen LogP contribution in [-0.2, 0) is 9.59 Å². The number of hydrogen-bond acceptors (Lipinski definition) is 5. The van der Waals surface area contributed by atoms with Crippen molar-refractivity contribution in [1.29, 1.82) is 0 Å². The molecule has 0 radical (unpaired) electrons. The van der Waals surface area contributed by atoms with Crippen molar-refractivity contribution in [1.82, 2.24) is 10.2 Å². The minimum atomic E-state index is -0.371. The molecular formula is C19H24N4O2S. The van der Waals surface area contributed by atoms with Crippen LogP contribution in [0.15, 0.2) is 24.3 Å². The molecule has 1 fully saturated rings. The van der Waals surface area contributed by atoms with Crippen LogP contribution in [0.4, 0.5) is 10.8 Å². The maximum Gasteiger partial charge on any atom is 0.231 e. The molecule has 2 heterocycles. The van der Waals surface area contributed by atoms with Crippen molar-refractivity contribution < 1.29 is 9.59 Å². The molecule has 0 unspecified atom stereocenters. The Morgan fingerprint density at radius 1 is 1.27 bits per heavy atom. The molecule has 1 aromatic heterocycles. The molecule has 1 N–H and O–H groups in total. The van der Waals surface area contributed by atoms with Crippen molar-refractivity contribution in [3.63, 3.8) is 0 Å². The number of carbonyl (C=O) groups excluding carboxylic acids is 2. The van der Waals surface area contributed by atoms with E-state index in [1.54, 1.807) is 4.90 Å². The molecule has 0 aliphatic carbocycles. The third kappa shape index (κ3) is 3.93. The molecule has 0 spiro atoms. The van der Waals surface area contributed by atoms with Crippen molar-refractivity contribution in [2.45, 2.75) is 46.0 Å². The number of rotatable bonds is 6. The highest BCUT2D eigenvalue weighted by Gasteiger charge is 2.35. The lowest BCUT2D eigenvalue weighted by molar-refractivity contribution is -0.122. The lowest BCUT2D eigenvalue weighted by Crippen LogP contribution is -2.28. The van der Waals surface area contributed by atoms with E-state index < -0.39 is 0 Å². The van der Waals surface area contributed by atoms with Gasteiger partial charge in [0.15, 0.2) is 0 Å². The first kappa shape index (κ1) is 18.5. The summed E-state index contributed by atoms with van der Waals surface area (Å²) >= 11 is 1.42. The van der Waals surface area contributed by atoms with Crippen molar-refractivity contribution in [3.8, 4) is 0 Å². The monoisotopic (exact) mass is 372 g/mol. The first-order chi connectivity index (χ1) is 12.5. The van der Waals surface area contributed by atoms with E-state index >= 15 is 0 Å². The van der Waals surface area contributed by atoms with Crippen LogP contribution < -0.4 is 10.2 Å². The average Bonchev–Trinajstić information content (AvgIpc) is 3.24. The van der Waals surface area contributed by atoms with Gasteiger partial charge in [-0.15, -0.1) is 10.2 Å². The molecule has 2 amide bonds. The van der Waals surface area contributed by atoms with Gasteiger partial charge in [0.05, 0.1) is 5.92 Å². The molecule has 0 bridgehead atoms. The molecule has 1 aromatic carbocycles. The Balaban J connectivity index is 1.64. The maximum atomic E-state index is 12.6. The molecule has 1 atom stereocenters. The summed E-state index contributed by atoms with van der Waals surface area (Å²) in [4.78, 5) is 26.6. The first-order valence-corrected chi connectivity index (χ1v) is 9.84. The highest BCUT2D eigenvalue weighted by atomic mass is 32.1. The third-order valence-electron chi connectivity index (χ3n) is 4.85. The fourth-order valence-electron chi connectivity index (χ4n) is 3.15. The predicted molar refractivity (Wildman–Crippen MR) is 104 cm³/mol. The minimum Gasteiger partial charge on any atom is -0.312 e. The van der Waals surface area contributed by atoms with Gasteiger partial charge in [-0.3, -0.25) is 9.59 Å². The molecule has 3 rings (SSSR count). The Bertz CT molecular complexity index is 783. The number of nitrogens with zero attached hydrogens (tertiary/aromatic N) is 3. The zero-order valence-electron chi connectivity index (χ0n) is 15.4. The Labute approximate surface area is 157 Å². The second-order valence-corrected chi connectivity index (χ2v) is 7.70. The Morgan fingerprint density at radius 3 is 2.62 bits per heavy atom. The number of carbonyl (C=O) groups is 2. The summed E-state index contributed by atoms with van der Waals surface area (Å²) in [6, 6.07) is 7.77. The van der Waals surface area contributed by atoms with Crippen LogP contribution in [0.5, 0.6) is 0 Å². The summed E-state index contributed by atoms with van der Waals surface area (Å²) in [5, 5.41) is 12.6. The van der Waals surface area contributed by atoms with Gasteiger partial charge >= 0.3 is 0 Å². The quantitative estimate of drug-likeness (QED) is 0.838. The summed E-state index contributed by atoms with van der Waals surface area (Å²) in [6.45, 7) is 6.64. The number of anilines is 2. The molecule has 7 heteroatoms. The second kappa shape index (κ2) is 7.95. The third-order valence-corrected chi connectivity index (χ3v) is 5.85. The molecule has 1 saturated heterocycles. The zero-order valence-corrected chi connectivity index (χ0v) is 16.2. The van der Waals surface area contributed by atoms with Gasteiger partial charge in [-0.05, 0) is 31.9 Å². The fraction of sp³-hybridized carbons (Fsp3) is 0.474. The second-order valence-electron chi connectivity index (χ2n) is 6.69. The molecule has 26 heavy (non-hydrogen) atoms. The van der Waals surface area contributed by atoms with Crippen LogP contribution in [0.25, 0.3) is 0 Å². The van der Waals surface area contributed by atoms with Gasteiger partial charge < -0.3 is 10.2 Å². The fourth-order valence-corrected chi connectivity index (χ4v) is 4.17.